The molecule has 0 atom stereocenters. The maximum Gasteiger partial charge on any atom is 0.250 e. The highest BCUT2D eigenvalue weighted by Gasteiger charge is 2.11. The summed E-state index contributed by atoms with van der Waals surface area (Å²) in [7, 11) is 0. The minimum absolute atomic E-state index is 0.135. The van der Waals surface area contributed by atoms with Gasteiger partial charge in [-0.2, -0.15) is 0 Å². The van der Waals surface area contributed by atoms with Crippen molar-refractivity contribution in [2.24, 2.45) is 5.73 Å². The van der Waals surface area contributed by atoms with Gasteiger partial charge in [-0.05, 0) is 30.3 Å². The van der Waals surface area contributed by atoms with E-state index in [0.29, 0.717) is 17.1 Å². The van der Waals surface area contributed by atoms with Crippen LogP contribution in [-0.2, 0) is 0 Å². The molecule has 0 fully saturated rings. The molecule has 1 amide bonds. The van der Waals surface area contributed by atoms with Crippen molar-refractivity contribution in [3.63, 3.8) is 0 Å². The highest BCUT2D eigenvalue weighted by molar-refractivity contribution is 6.35. The topological polar surface area (TPSA) is 81.1 Å². The lowest BCUT2D eigenvalue weighted by Crippen LogP contribution is -2.13. The minimum Gasteiger partial charge on any atom is -0.399 e. The highest BCUT2D eigenvalue weighted by atomic mass is 35.5. The average Bonchev–Trinajstić information content (AvgIpc) is 2.35. The first-order valence-corrected chi connectivity index (χ1v) is 6.25. The van der Waals surface area contributed by atoms with Crippen LogP contribution in [0.3, 0.4) is 0 Å². The Bertz CT molecular complexity index is 668. The number of carbonyl (C=O) groups excluding carboxylic acids is 1. The van der Waals surface area contributed by atoms with Gasteiger partial charge in [-0.1, -0.05) is 23.2 Å². The van der Waals surface area contributed by atoms with Crippen LogP contribution >= 0.6 is 23.2 Å². The van der Waals surface area contributed by atoms with E-state index in [4.69, 9.17) is 34.7 Å². The van der Waals surface area contributed by atoms with E-state index < -0.39 is 11.7 Å². The van der Waals surface area contributed by atoms with Gasteiger partial charge < -0.3 is 16.8 Å². The lowest BCUT2D eigenvalue weighted by atomic mass is 10.1. The van der Waals surface area contributed by atoms with Crippen LogP contribution in [0.2, 0.25) is 10.0 Å². The Kier molecular flexibility index (Phi) is 4.01. The Morgan fingerprint density at radius 3 is 2.30 bits per heavy atom. The van der Waals surface area contributed by atoms with E-state index in [2.05, 4.69) is 5.32 Å². The van der Waals surface area contributed by atoms with Crippen LogP contribution in [-0.4, -0.2) is 5.91 Å². The van der Waals surface area contributed by atoms with Crippen LogP contribution in [0.25, 0.3) is 0 Å². The summed E-state index contributed by atoms with van der Waals surface area (Å²) in [4.78, 5) is 11.3. The number of hydrogen-bond acceptors (Lipinski definition) is 3. The second-order valence-corrected chi connectivity index (χ2v) is 4.86. The number of carbonyl (C=O) groups is 1. The summed E-state index contributed by atoms with van der Waals surface area (Å²) in [5, 5.41) is 2.62. The number of benzene rings is 2. The van der Waals surface area contributed by atoms with Gasteiger partial charge in [-0.3, -0.25) is 4.79 Å². The zero-order chi connectivity index (χ0) is 14.9. The molecule has 0 aromatic heterocycles. The molecule has 0 aliphatic heterocycles. The summed E-state index contributed by atoms with van der Waals surface area (Å²) in [6.45, 7) is 0. The van der Waals surface area contributed by atoms with E-state index in [1.807, 2.05) is 0 Å². The zero-order valence-corrected chi connectivity index (χ0v) is 11.6. The number of nitrogen functional groups attached to an aromatic ring is 1. The van der Waals surface area contributed by atoms with E-state index in [1.54, 1.807) is 6.07 Å². The maximum absolute atomic E-state index is 13.3. The summed E-state index contributed by atoms with van der Waals surface area (Å²) in [6.07, 6.45) is 0. The molecule has 104 valence electrons. The summed E-state index contributed by atoms with van der Waals surface area (Å²) in [6, 6.07) is 7.27. The van der Waals surface area contributed by atoms with E-state index >= 15 is 0 Å². The van der Waals surface area contributed by atoms with Gasteiger partial charge in [0.15, 0.2) is 5.82 Å². The molecule has 0 saturated carbocycles. The third kappa shape index (κ3) is 2.95. The van der Waals surface area contributed by atoms with Crippen molar-refractivity contribution in [3.05, 3.63) is 51.8 Å². The standard InChI is InChI=1S/C13H10Cl2FN3O/c14-9-4-7(5-10(15)12(9)16)19-11-3-6(17)1-2-8(11)13(18)20/h1-5,19H,17H2,(H2,18,20). The minimum atomic E-state index is -0.707. The first-order valence-electron chi connectivity index (χ1n) is 5.49. The Morgan fingerprint density at radius 1 is 1.15 bits per heavy atom. The zero-order valence-electron chi connectivity index (χ0n) is 10.1. The van der Waals surface area contributed by atoms with Gasteiger partial charge in [0.1, 0.15) is 0 Å². The van der Waals surface area contributed by atoms with Crippen LogP contribution in [0.1, 0.15) is 10.4 Å². The first kappa shape index (κ1) is 14.4. The van der Waals surface area contributed by atoms with Crippen molar-refractivity contribution < 1.29 is 9.18 Å². The molecule has 20 heavy (non-hydrogen) atoms. The number of rotatable bonds is 3. The molecule has 0 heterocycles. The SMILES string of the molecule is NC(=O)c1ccc(N)cc1Nc1cc(Cl)c(F)c(Cl)c1. The monoisotopic (exact) mass is 313 g/mol. The Morgan fingerprint density at radius 2 is 1.75 bits per heavy atom. The fourth-order valence-electron chi connectivity index (χ4n) is 1.66. The number of amides is 1. The molecule has 0 saturated heterocycles. The quantitative estimate of drug-likeness (QED) is 0.598. The molecule has 4 nitrogen and oxygen atoms in total. The molecule has 0 aliphatic carbocycles. The van der Waals surface area contributed by atoms with Crippen molar-refractivity contribution in [2.75, 3.05) is 11.1 Å². The van der Waals surface area contributed by atoms with Crippen molar-refractivity contribution in [3.8, 4) is 0 Å². The van der Waals surface area contributed by atoms with E-state index in [1.165, 1.54) is 24.3 Å². The highest BCUT2D eigenvalue weighted by Crippen LogP contribution is 2.30. The van der Waals surface area contributed by atoms with Gasteiger partial charge in [0.25, 0.3) is 5.91 Å². The lowest BCUT2D eigenvalue weighted by molar-refractivity contribution is 0.100. The van der Waals surface area contributed by atoms with Crippen molar-refractivity contribution in [1.82, 2.24) is 0 Å². The number of hydrogen-bond donors (Lipinski definition) is 3. The summed E-state index contributed by atoms with van der Waals surface area (Å²) < 4.78 is 13.3. The van der Waals surface area contributed by atoms with Crippen LogP contribution in [0.15, 0.2) is 30.3 Å². The van der Waals surface area contributed by atoms with E-state index in [9.17, 15) is 9.18 Å². The summed E-state index contributed by atoms with van der Waals surface area (Å²) in [5.74, 6) is -1.33. The van der Waals surface area contributed by atoms with Gasteiger partial charge in [-0.15, -0.1) is 0 Å². The Labute approximate surface area is 124 Å². The van der Waals surface area contributed by atoms with Crippen molar-refractivity contribution in [2.45, 2.75) is 0 Å². The Balaban J connectivity index is 2.44. The number of primary amides is 1. The first-order chi connectivity index (χ1) is 9.38. The number of halogens is 3. The molecule has 7 heteroatoms. The third-order valence-corrected chi connectivity index (χ3v) is 3.12. The van der Waals surface area contributed by atoms with Crippen molar-refractivity contribution >= 4 is 46.2 Å². The number of nitrogens with one attached hydrogen (secondary N) is 1. The van der Waals surface area contributed by atoms with Gasteiger partial charge in [0, 0.05) is 11.4 Å². The van der Waals surface area contributed by atoms with E-state index in [-0.39, 0.29) is 15.6 Å². The molecule has 5 N–H and O–H groups in total. The van der Waals surface area contributed by atoms with Gasteiger partial charge in [-0.25, -0.2) is 4.39 Å². The van der Waals surface area contributed by atoms with Crippen LogP contribution in [0, 0.1) is 5.82 Å². The second kappa shape index (κ2) is 5.56. The Hall–Kier alpha value is -1.98. The molecular formula is C13H10Cl2FN3O. The smallest absolute Gasteiger partial charge is 0.250 e. The predicted molar refractivity (Wildman–Crippen MR) is 79.1 cm³/mol. The molecular weight excluding hydrogens is 304 g/mol. The van der Waals surface area contributed by atoms with Crippen molar-refractivity contribution in [1.29, 1.82) is 0 Å². The molecule has 2 aromatic carbocycles. The summed E-state index contributed by atoms with van der Waals surface area (Å²) >= 11 is 11.4. The van der Waals surface area contributed by atoms with Crippen LogP contribution in [0.4, 0.5) is 21.5 Å². The van der Waals surface area contributed by atoms with Gasteiger partial charge in [0.2, 0.25) is 0 Å². The molecule has 2 aromatic rings. The average molecular weight is 314 g/mol. The fraction of sp³-hybridized carbons (Fsp3) is 0. The van der Waals surface area contributed by atoms with E-state index in [0.717, 1.165) is 0 Å². The number of nitrogens with two attached hydrogens (primary N) is 2. The largest absolute Gasteiger partial charge is 0.399 e. The van der Waals surface area contributed by atoms with Gasteiger partial charge in [0.05, 0.1) is 21.3 Å². The summed E-state index contributed by atoms with van der Waals surface area (Å²) in [5.41, 5.74) is 12.4. The molecule has 0 unspecified atom stereocenters. The number of anilines is 3. The maximum atomic E-state index is 13.3. The predicted octanol–water partition coefficient (Wildman–Crippen LogP) is 3.56. The molecule has 0 radical (unpaired) electrons. The second-order valence-electron chi connectivity index (χ2n) is 4.05. The third-order valence-electron chi connectivity index (χ3n) is 2.57. The molecule has 2 rings (SSSR count). The van der Waals surface area contributed by atoms with Crippen LogP contribution in [0.5, 0.6) is 0 Å². The van der Waals surface area contributed by atoms with Crippen LogP contribution < -0.4 is 16.8 Å². The molecule has 0 spiro atoms. The lowest BCUT2D eigenvalue weighted by Gasteiger charge is -2.12. The normalized spacial score (nSPS) is 10.3. The fourth-order valence-corrected chi connectivity index (χ4v) is 2.15. The van der Waals surface area contributed by atoms with Gasteiger partial charge >= 0.3 is 0 Å². The molecule has 0 bridgehead atoms. The molecule has 0 aliphatic rings.